The highest BCUT2D eigenvalue weighted by atomic mass is 32.2. The van der Waals surface area contributed by atoms with Crippen LogP contribution in [-0.4, -0.2) is 27.6 Å². The van der Waals surface area contributed by atoms with Crippen molar-refractivity contribution in [2.75, 3.05) is 16.1 Å². The summed E-state index contributed by atoms with van der Waals surface area (Å²) in [6.07, 6.45) is 9.95. The summed E-state index contributed by atoms with van der Waals surface area (Å²) in [5, 5.41) is 24.7. The lowest BCUT2D eigenvalue weighted by Gasteiger charge is -2.47. The van der Waals surface area contributed by atoms with E-state index in [0.29, 0.717) is 24.2 Å². The number of ether oxygens (including phenoxy) is 2. The fraction of sp³-hybridized carbons (Fsp3) is 0.261. The fourth-order valence-corrected chi connectivity index (χ4v) is 9.88. The number of hydrogen-bond donors (Lipinski definition) is 0. The molecule has 2 spiro atoms. The molecule has 2 atom stereocenters. The number of rotatable bonds is 7. The van der Waals surface area contributed by atoms with E-state index in [0.717, 1.165) is 44.1 Å². The van der Waals surface area contributed by atoms with Crippen LogP contribution >= 0.6 is 11.8 Å². The van der Waals surface area contributed by atoms with Crippen molar-refractivity contribution in [3.05, 3.63) is 168 Å². The molecule has 4 aliphatic rings. The lowest BCUT2D eigenvalue weighted by molar-refractivity contribution is -0.386. The normalized spacial score (nSPS) is 21.4. The van der Waals surface area contributed by atoms with Crippen LogP contribution in [0.3, 0.4) is 0 Å². The van der Waals surface area contributed by atoms with Crippen molar-refractivity contribution in [3.8, 4) is 11.5 Å². The molecule has 9 rings (SSSR count). The van der Waals surface area contributed by atoms with E-state index in [1.54, 1.807) is 12.1 Å². The van der Waals surface area contributed by atoms with Gasteiger partial charge in [0.1, 0.15) is 0 Å². The average Bonchev–Trinajstić information content (AvgIpc) is 3.48. The second-order valence-corrected chi connectivity index (χ2v) is 17.2. The number of nitro benzene ring substituents is 2. The van der Waals surface area contributed by atoms with Crippen LogP contribution in [0.1, 0.15) is 66.6 Å². The van der Waals surface area contributed by atoms with E-state index in [1.165, 1.54) is 11.8 Å². The molecule has 0 radical (unpaired) electrons. The van der Waals surface area contributed by atoms with Crippen molar-refractivity contribution in [2.24, 2.45) is 0 Å². The zero-order chi connectivity index (χ0) is 40.1. The van der Waals surface area contributed by atoms with Crippen molar-refractivity contribution in [2.45, 2.75) is 74.9 Å². The number of nitro groups is 2. The number of thioether (sulfide) groups is 1. The number of para-hydroxylation sites is 2. The maximum absolute atomic E-state index is 12.4. The minimum absolute atomic E-state index is 0.0474. The summed E-state index contributed by atoms with van der Waals surface area (Å²) in [6.45, 7) is 11.3. The molecule has 0 saturated carbocycles. The summed E-state index contributed by atoms with van der Waals surface area (Å²) in [6, 6.07) is 31.9. The topological polar surface area (TPSA) is 111 Å². The first-order valence-corrected chi connectivity index (χ1v) is 20.2. The molecule has 0 amide bonds. The van der Waals surface area contributed by atoms with Crippen LogP contribution in [0.25, 0.3) is 12.2 Å². The van der Waals surface area contributed by atoms with Crippen molar-refractivity contribution in [1.29, 1.82) is 0 Å². The van der Waals surface area contributed by atoms with Gasteiger partial charge in [0.05, 0.1) is 20.7 Å². The molecule has 0 aromatic heterocycles. The Hall–Kier alpha value is -6.07. The SMILES string of the molecule is CSc1cc2c(c([N+](=O)[O-])c1)OC1(C=C2)N(Cc2ccc(CN3c4ccccc4C(C)(C)C34C=Cc3cc(C)cc([N+](=O)[O-])c3O4)cc2)c2ccccc2C1(C)C. The second kappa shape index (κ2) is 12.7. The minimum Gasteiger partial charge on any atom is -0.456 e. The highest BCUT2D eigenvalue weighted by Gasteiger charge is 2.61. The summed E-state index contributed by atoms with van der Waals surface area (Å²) in [5.41, 5.74) is 5.10. The average molecular weight is 779 g/mol. The van der Waals surface area contributed by atoms with Gasteiger partial charge in [-0.3, -0.25) is 20.2 Å². The van der Waals surface area contributed by atoms with E-state index >= 15 is 0 Å². The highest BCUT2D eigenvalue weighted by molar-refractivity contribution is 7.98. The highest BCUT2D eigenvalue weighted by Crippen LogP contribution is 2.58. The Morgan fingerprint density at radius 2 is 1.07 bits per heavy atom. The van der Waals surface area contributed by atoms with Gasteiger partial charge in [-0.25, -0.2) is 0 Å². The van der Waals surface area contributed by atoms with Crippen molar-refractivity contribution >= 4 is 46.7 Å². The third-order valence-corrected chi connectivity index (χ3v) is 13.2. The van der Waals surface area contributed by atoms with Crippen LogP contribution < -0.4 is 19.3 Å². The molecular weight excluding hydrogens is 737 g/mol. The first kappa shape index (κ1) is 36.6. The van der Waals surface area contributed by atoms with E-state index < -0.39 is 22.3 Å². The predicted molar refractivity (Wildman–Crippen MR) is 225 cm³/mol. The number of anilines is 2. The van der Waals surface area contributed by atoms with Gasteiger partial charge < -0.3 is 19.3 Å². The largest absolute Gasteiger partial charge is 0.456 e. The number of nitrogens with zero attached hydrogens (tertiary/aromatic N) is 4. The lowest BCUT2D eigenvalue weighted by Crippen LogP contribution is -2.59. The van der Waals surface area contributed by atoms with Gasteiger partial charge >= 0.3 is 11.4 Å². The van der Waals surface area contributed by atoms with E-state index in [2.05, 4.69) is 98.2 Å². The van der Waals surface area contributed by atoms with Crippen LogP contribution in [0.5, 0.6) is 11.5 Å². The van der Waals surface area contributed by atoms with Crippen LogP contribution in [0.4, 0.5) is 22.7 Å². The summed E-state index contributed by atoms with van der Waals surface area (Å²) in [4.78, 5) is 29.2. The predicted octanol–water partition coefficient (Wildman–Crippen LogP) is 10.7. The van der Waals surface area contributed by atoms with E-state index in [9.17, 15) is 20.2 Å². The van der Waals surface area contributed by atoms with E-state index in [1.807, 2.05) is 61.7 Å². The molecular formula is C46H42N4O6S. The molecule has 10 nitrogen and oxygen atoms in total. The first-order chi connectivity index (χ1) is 27.2. The summed E-state index contributed by atoms with van der Waals surface area (Å²) in [7, 11) is 0. The second-order valence-electron chi connectivity index (χ2n) is 16.3. The summed E-state index contributed by atoms with van der Waals surface area (Å²) < 4.78 is 13.9. The van der Waals surface area contributed by atoms with Gasteiger partial charge in [0.25, 0.3) is 0 Å². The molecule has 0 aliphatic carbocycles. The third-order valence-electron chi connectivity index (χ3n) is 12.5. The molecule has 11 heteroatoms. The van der Waals surface area contributed by atoms with Crippen LogP contribution in [0.2, 0.25) is 0 Å². The smallest absolute Gasteiger partial charge is 0.312 e. The minimum atomic E-state index is -1.05. The van der Waals surface area contributed by atoms with Gasteiger partial charge in [0.2, 0.25) is 22.9 Å². The zero-order valence-corrected chi connectivity index (χ0v) is 33.4. The molecule has 0 N–H and O–H groups in total. The lowest BCUT2D eigenvalue weighted by atomic mass is 9.76. The number of benzene rings is 5. The van der Waals surface area contributed by atoms with E-state index in [-0.39, 0.29) is 32.7 Å². The van der Waals surface area contributed by atoms with Gasteiger partial charge in [0, 0.05) is 52.6 Å². The van der Waals surface area contributed by atoms with Crippen molar-refractivity contribution in [1.82, 2.24) is 0 Å². The Morgan fingerprint density at radius 1 is 0.632 bits per heavy atom. The number of aryl methyl sites for hydroxylation is 1. The van der Waals surface area contributed by atoms with Crippen LogP contribution in [0, 0.1) is 27.2 Å². The van der Waals surface area contributed by atoms with Gasteiger partial charge in [-0.1, -0.05) is 60.7 Å². The quantitative estimate of drug-likeness (QED) is 0.0905. The molecule has 5 aromatic rings. The molecule has 0 fully saturated rings. The van der Waals surface area contributed by atoms with Crippen LogP contribution in [0.15, 0.2) is 114 Å². The Labute approximate surface area is 335 Å². The standard InChI is InChI=1S/C46H42N4O6S/c1-29-23-32-19-21-45(55-41(32)39(24-29)49(51)52)43(2,3)35-11-7-9-13-37(35)47(45)27-30-15-17-31(18-16-30)28-48-38-14-10-8-12-36(38)44(4,5)46(48)22-20-33-25-34(57-6)26-40(50(53)54)42(33)56-46/h7-26H,27-28H2,1-6H3. The maximum atomic E-state index is 12.4. The Balaban J connectivity index is 1.07. The molecule has 2 unspecified atom stereocenters. The summed E-state index contributed by atoms with van der Waals surface area (Å²) >= 11 is 1.46. The van der Waals surface area contributed by atoms with Crippen molar-refractivity contribution < 1.29 is 19.3 Å². The summed E-state index contributed by atoms with van der Waals surface area (Å²) in [5.74, 6) is 0.542. The molecule has 4 heterocycles. The molecule has 57 heavy (non-hydrogen) atoms. The Kier molecular flexibility index (Phi) is 8.16. The monoisotopic (exact) mass is 778 g/mol. The Bertz CT molecular complexity index is 2580. The maximum Gasteiger partial charge on any atom is 0.312 e. The molecule has 288 valence electrons. The molecule has 0 saturated heterocycles. The fourth-order valence-electron chi connectivity index (χ4n) is 9.41. The van der Waals surface area contributed by atoms with Gasteiger partial charge in [0.15, 0.2) is 0 Å². The third kappa shape index (κ3) is 5.24. The van der Waals surface area contributed by atoms with E-state index in [4.69, 9.17) is 9.47 Å². The molecule has 0 bridgehead atoms. The number of fused-ring (bicyclic) bond motifs is 4. The molecule has 5 aromatic carbocycles. The van der Waals surface area contributed by atoms with Crippen molar-refractivity contribution in [3.63, 3.8) is 0 Å². The Morgan fingerprint density at radius 3 is 1.53 bits per heavy atom. The van der Waals surface area contributed by atoms with Gasteiger partial charge in [-0.15, -0.1) is 11.8 Å². The number of hydrogen-bond acceptors (Lipinski definition) is 9. The first-order valence-electron chi connectivity index (χ1n) is 18.9. The van der Waals surface area contributed by atoms with Gasteiger partial charge in [-0.05, 0) is 117 Å². The zero-order valence-electron chi connectivity index (χ0n) is 32.6. The van der Waals surface area contributed by atoms with Gasteiger partial charge in [-0.2, -0.15) is 0 Å². The van der Waals surface area contributed by atoms with Crippen LogP contribution in [-0.2, 0) is 23.9 Å². The molecule has 4 aliphatic heterocycles.